The number of amides is 2. The zero-order valence-electron chi connectivity index (χ0n) is 13.1. The zero-order chi connectivity index (χ0) is 16.0. The summed E-state index contributed by atoms with van der Waals surface area (Å²) in [5.41, 5.74) is 2.17. The van der Waals surface area contributed by atoms with Crippen molar-refractivity contribution >= 4 is 12.0 Å². The Morgan fingerprint density at radius 2 is 1.81 bits per heavy atom. The molecule has 0 spiro atoms. The number of carbonyl (C=O) groups excluding carboxylic acids is 1. The molecular weight excluding hydrogens is 268 g/mol. The van der Waals surface area contributed by atoms with E-state index in [0.717, 1.165) is 11.1 Å². The minimum Gasteiger partial charge on any atom is -0.480 e. The van der Waals surface area contributed by atoms with Crippen molar-refractivity contribution in [2.24, 2.45) is 5.92 Å². The van der Waals surface area contributed by atoms with Gasteiger partial charge in [-0.1, -0.05) is 43.7 Å². The van der Waals surface area contributed by atoms with Crippen LogP contribution in [0.1, 0.15) is 31.4 Å². The van der Waals surface area contributed by atoms with Gasteiger partial charge in [-0.05, 0) is 24.8 Å². The molecule has 116 valence electrons. The van der Waals surface area contributed by atoms with Gasteiger partial charge >= 0.3 is 12.0 Å². The van der Waals surface area contributed by atoms with Crippen LogP contribution in [0.15, 0.2) is 24.3 Å². The predicted octanol–water partition coefficient (Wildman–Crippen LogP) is 2.64. The molecule has 0 radical (unpaired) electrons. The molecule has 1 aromatic rings. The number of nitrogens with zero attached hydrogens (tertiary/aromatic N) is 1. The molecule has 2 N–H and O–H groups in total. The fourth-order valence-electron chi connectivity index (χ4n) is 1.99. The number of hydrogen-bond donors (Lipinski definition) is 2. The van der Waals surface area contributed by atoms with Crippen molar-refractivity contribution in [1.29, 1.82) is 0 Å². The summed E-state index contributed by atoms with van der Waals surface area (Å²) in [5, 5.41) is 11.7. The number of carboxylic acids is 1. The lowest BCUT2D eigenvalue weighted by Crippen LogP contribution is -2.46. The summed E-state index contributed by atoms with van der Waals surface area (Å²) in [6.07, 6.45) is 0.416. The lowest BCUT2D eigenvalue weighted by atomic mass is 10.0. The van der Waals surface area contributed by atoms with Gasteiger partial charge in [0.1, 0.15) is 6.04 Å². The Morgan fingerprint density at radius 3 is 2.29 bits per heavy atom. The third kappa shape index (κ3) is 5.85. The Morgan fingerprint density at radius 1 is 1.24 bits per heavy atom. The van der Waals surface area contributed by atoms with Crippen LogP contribution in [0, 0.1) is 12.8 Å². The summed E-state index contributed by atoms with van der Waals surface area (Å²) in [4.78, 5) is 24.7. The van der Waals surface area contributed by atoms with Crippen molar-refractivity contribution in [2.75, 3.05) is 7.05 Å². The first-order valence-corrected chi connectivity index (χ1v) is 7.09. The summed E-state index contributed by atoms with van der Waals surface area (Å²) < 4.78 is 0. The second-order valence-corrected chi connectivity index (χ2v) is 5.81. The van der Waals surface area contributed by atoms with Gasteiger partial charge < -0.3 is 15.3 Å². The predicted molar refractivity (Wildman–Crippen MR) is 82.1 cm³/mol. The Kier molecular flexibility index (Phi) is 6.21. The molecule has 0 aromatic heterocycles. The van der Waals surface area contributed by atoms with Crippen LogP contribution in [0.25, 0.3) is 0 Å². The van der Waals surface area contributed by atoms with E-state index in [1.54, 1.807) is 7.05 Å². The van der Waals surface area contributed by atoms with Crippen molar-refractivity contribution in [3.8, 4) is 0 Å². The molecule has 0 aliphatic rings. The quantitative estimate of drug-likeness (QED) is 0.847. The van der Waals surface area contributed by atoms with Crippen LogP contribution in [-0.2, 0) is 11.3 Å². The molecule has 0 fully saturated rings. The smallest absolute Gasteiger partial charge is 0.326 e. The fraction of sp³-hybridized carbons (Fsp3) is 0.500. The highest BCUT2D eigenvalue weighted by Crippen LogP contribution is 2.08. The average molecular weight is 292 g/mol. The van der Waals surface area contributed by atoms with Gasteiger partial charge in [0.05, 0.1) is 0 Å². The van der Waals surface area contributed by atoms with Crippen molar-refractivity contribution in [3.05, 3.63) is 35.4 Å². The van der Waals surface area contributed by atoms with E-state index in [1.807, 2.05) is 45.0 Å². The number of benzene rings is 1. The molecule has 0 unspecified atom stereocenters. The molecule has 21 heavy (non-hydrogen) atoms. The first-order chi connectivity index (χ1) is 9.79. The first kappa shape index (κ1) is 17.0. The molecule has 5 nitrogen and oxygen atoms in total. The van der Waals surface area contributed by atoms with Gasteiger partial charge in [-0.2, -0.15) is 0 Å². The third-order valence-corrected chi connectivity index (χ3v) is 3.19. The van der Waals surface area contributed by atoms with Crippen LogP contribution < -0.4 is 5.32 Å². The van der Waals surface area contributed by atoms with Crippen molar-refractivity contribution in [3.63, 3.8) is 0 Å². The van der Waals surface area contributed by atoms with E-state index >= 15 is 0 Å². The molecule has 0 aliphatic carbocycles. The lowest BCUT2D eigenvalue weighted by Gasteiger charge is -2.22. The second kappa shape index (κ2) is 7.67. The van der Waals surface area contributed by atoms with Gasteiger partial charge in [-0.3, -0.25) is 0 Å². The Hall–Kier alpha value is -2.04. The summed E-state index contributed by atoms with van der Waals surface area (Å²) in [6, 6.07) is 6.67. The van der Waals surface area contributed by atoms with E-state index in [2.05, 4.69) is 5.32 Å². The van der Waals surface area contributed by atoms with Gasteiger partial charge in [0.2, 0.25) is 0 Å². The summed E-state index contributed by atoms with van der Waals surface area (Å²) >= 11 is 0. The first-order valence-electron chi connectivity index (χ1n) is 7.09. The van der Waals surface area contributed by atoms with Crippen molar-refractivity contribution in [1.82, 2.24) is 10.2 Å². The number of rotatable bonds is 6. The minimum absolute atomic E-state index is 0.203. The van der Waals surface area contributed by atoms with Crippen LogP contribution in [0.3, 0.4) is 0 Å². The highest BCUT2D eigenvalue weighted by Gasteiger charge is 2.22. The van der Waals surface area contributed by atoms with Gasteiger partial charge in [0, 0.05) is 13.6 Å². The molecule has 1 atom stereocenters. The molecule has 0 bridgehead atoms. The molecule has 0 aliphatic heterocycles. The summed E-state index contributed by atoms with van der Waals surface area (Å²) in [7, 11) is 1.66. The number of carbonyl (C=O) groups is 2. The number of urea groups is 1. The van der Waals surface area contributed by atoms with E-state index in [4.69, 9.17) is 5.11 Å². The van der Waals surface area contributed by atoms with Gasteiger partial charge in [-0.15, -0.1) is 0 Å². The van der Waals surface area contributed by atoms with Crippen molar-refractivity contribution < 1.29 is 14.7 Å². The van der Waals surface area contributed by atoms with Crippen LogP contribution in [-0.4, -0.2) is 35.1 Å². The maximum atomic E-state index is 12.1. The molecular formula is C16H24N2O3. The number of carboxylic acid groups (broad SMARTS) is 1. The molecule has 2 amide bonds. The SMILES string of the molecule is Cc1ccc(CN(C)C(=O)N[C@H](CC(C)C)C(=O)O)cc1. The molecule has 5 heteroatoms. The lowest BCUT2D eigenvalue weighted by molar-refractivity contribution is -0.139. The number of nitrogens with one attached hydrogen (secondary N) is 1. The van der Waals surface area contributed by atoms with E-state index < -0.39 is 12.0 Å². The van der Waals surface area contributed by atoms with Crippen LogP contribution in [0.2, 0.25) is 0 Å². The number of aliphatic carboxylic acids is 1. The van der Waals surface area contributed by atoms with Crippen molar-refractivity contribution in [2.45, 2.75) is 39.8 Å². The topological polar surface area (TPSA) is 69.6 Å². The van der Waals surface area contributed by atoms with Gasteiger partial charge in [0.15, 0.2) is 0 Å². The van der Waals surface area contributed by atoms with Crippen LogP contribution in [0.5, 0.6) is 0 Å². The standard InChI is InChI=1S/C16H24N2O3/c1-11(2)9-14(15(19)20)17-16(21)18(4)10-13-7-5-12(3)6-8-13/h5-8,11,14H,9-10H2,1-4H3,(H,17,21)(H,19,20)/t14-/m1/s1. The van der Waals surface area contributed by atoms with E-state index in [-0.39, 0.29) is 11.9 Å². The normalized spacial score (nSPS) is 12.0. The maximum Gasteiger partial charge on any atom is 0.326 e. The number of hydrogen-bond acceptors (Lipinski definition) is 2. The molecule has 0 saturated heterocycles. The van der Waals surface area contributed by atoms with E-state index in [0.29, 0.717) is 13.0 Å². The minimum atomic E-state index is -0.999. The van der Waals surface area contributed by atoms with Crippen LogP contribution in [0.4, 0.5) is 4.79 Å². The zero-order valence-corrected chi connectivity index (χ0v) is 13.1. The maximum absolute atomic E-state index is 12.1. The Bertz CT molecular complexity index is 483. The fourth-order valence-corrected chi connectivity index (χ4v) is 1.99. The van der Waals surface area contributed by atoms with Crippen LogP contribution >= 0.6 is 0 Å². The highest BCUT2D eigenvalue weighted by atomic mass is 16.4. The summed E-state index contributed by atoms with van der Waals surface area (Å²) in [5.74, 6) is -0.797. The summed E-state index contributed by atoms with van der Waals surface area (Å²) in [6.45, 7) is 6.31. The molecule has 1 rings (SSSR count). The largest absolute Gasteiger partial charge is 0.480 e. The Labute approximate surface area is 126 Å². The van der Waals surface area contributed by atoms with Gasteiger partial charge in [-0.25, -0.2) is 9.59 Å². The molecule has 0 saturated carbocycles. The highest BCUT2D eigenvalue weighted by molar-refractivity contribution is 5.82. The van der Waals surface area contributed by atoms with E-state index in [1.165, 1.54) is 4.90 Å². The monoisotopic (exact) mass is 292 g/mol. The van der Waals surface area contributed by atoms with Gasteiger partial charge in [0.25, 0.3) is 0 Å². The average Bonchev–Trinajstić information content (AvgIpc) is 2.39. The Balaban J connectivity index is 2.60. The molecule has 0 heterocycles. The van der Waals surface area contributed by atoms with E-state index in [9.17, 15) is 9.59 Å². The molecule has 1 aromatic carbocycles. The third-order valence-electron chi connectivity index (χ3n) is 3.19. The number of aryl methyl sites for hydroxylation is 1. The second-order valence-electron chi connectivity index (χ2n) is 5.81.